The number of halogens is 2. The number of para-hydroxylation sites is 1. The summed E-state index contributed by atoms with van der Waals surface area (Å²) in [5.74, 6) is 0.834. The number of benzene rings is 4. The van der Waals surface area contributed by atoms with Crippen LogP contribution in [0.15, 0.2) is 102 Å². The Morgan fingerprint density at radius 2 is 1.49 bits per heavy atom. The predicted molar refractivity (Wildman–Crippen MR) is 140 cm³/mol. The smallest absolute Gasteiger partial charge is 0.275 e. The largest absolute Gasteiger partial charge is 0.489 e. The van der Waals surface area contributed by atoms with Crippen molar-refractivity contribution in [2.45, 2.75) is 13.2 Å². The van der Waals surface area contributed by atoms with Crippen LogP contribution in [-0.2, 0) is 13.2 Å². The van der Waals surface area contributed by atoms with Crippen molar-refractivity contribution in [1.82, 2.24) is 5.43 Å². The molecular formula is C28H22Cl2N2O3. The van der Waals surface area contributed by atoms with Crippen LogP contribution >= 0.6 is 23.2 Å². The summed E-state index contributed by atoms with van der Waals surface area (Å²) in [4.78, 5) is 12.6. The van der Waals surface area contributed by atoms with E-state index in [2.05, 4.69) is 10.5 Å². The molecule has 7 heteroatoms. The van der Waals surface area contributed by atoms with E-state index in [9.17, 15) is 4.79 Å². The van der Waals surface area contributed by atoms with Crippen molar-refractivity contribution >= 4 is 35.3 Å². The monoisotopic (exact) mass is 504 g/mol. The van der Waals surface area contributed by atoms with Crippen molar-refractivity contribution < 1.29 is 14.3 Å². The molecule has 35 heavy (non-hydrogen) atoms. The second-order valence-electron chi connectivity index (χ2n) is 7.58. The normalized spacial score (nSPS) is 10.8. The Morgan fingerprint density at radius 1 is 0.771 bits per heavy atom. The van der Waals surface area contributed by atoms with Gasteiger partial charge in [-0.15, -0.1) is 0 Å². The second-order valence-corrected chi connectivity index (χ2v) is 8.39. The first-order chi connectivity index (χ1) is 17.1. The highest BCUT2D eigenvalue weighted by Crippen LogP contribution is 2.23. The lowest BCUT2D eigenvalue weighted by molar-refractivity contribution is 0.0950. The Labute approximate surface area is 213 Å². The highest BCUT2D eigenvalue weighted by atomic mass is 35.5. The van der Waals surface area contributed by atoms with E-state index in [1.165, 1.54) is 0 Å². The quantitative estimate of drug-likeness (QED) is 0.199. The summed E-state index contributed by atoms with van der Waals surface area (Å²) in [6.45, 7) is 0.736. The van der Waals surface area contributed by atoms with Gasteiger partial charge in [-0.3, -0.25) is 4.79 Å². The molecule has 4 aromatic carbocycles. The summed E-state index contributed by atoms with van der Waals surface area (Å²) in [5.41, 5.74) is 5.70. The minimum absolute atomic E-state index is 0.355. The van der Waals surface area contributed by atoms with Gasteiger partial charge in [-0.2, -0.15) is 5.10 Å². The first-order valence-corrected chi connectivity index (χ1v) is 11.6. The summed E-state index contributed by atoms with van der Waals surface area (Å²) in [6, 6.07) is 29.6. The maximum Gasteiger partial charge on any atom is 0.275 e. The third-order valence-electron chi connectivity index (χ3n) is 5.02. The fourth-order valence-corrected chi connectivity index (χ4v) is 3.51. The number of ether oxygens (including phenoxy) is 2. The van der Waals surface area contributed by atoms with Crippen LogP contribution in [0.3, 0.4) is 0 Å². The third-order valence-corrected chi connectivity index (χ3v) is 5.76. The zero-order valence-electron chi connectivity index (χ0n) is 18.7. The van der Waals surface area contributed by atoms with E-state index < -0.39 is 0 Å². The fourth-order valence-electron chi connectivity index (χ4n) is 3.19. The molecule has 4 aromatic rings. The third kappa shape index (κ3) is 7.09. The molecule has 0 aromatic heterocycles. The molecule has 0 aliphatic rings. The van der Waals surface area contributed by atoms with Crippen molar-refractivity contribution in [1.29, 1.82) is 0 Å². The SMILES string of the molecule is O=C(N/N=C\c1ccc(OCc2ccc(Cl)c(Cl)c2)cc1)c1ccccc1OCc1ccccc1. The lowest BCUT2D eigenvalue weighted by Gasteiger charge is -2.10. The molecule has 0 radical (unpaired) electrons. The van der Waals surface area contributed by atoms with Gasteiger partial charge in [0.15, 0.2) is 0 Å². The summed E-state index contributed by atoms with van der Waals surface area (Å²) in [5, 5.41) is 5.07. The highest BCUT2D eigenvalue weighted by Gasteiger charge is 2.11. The Balaban J connectivity index is 1.30. The van der Waals surface area contributed by atoms with Gasteiger partial charge in [0.2, 0.25) is 0 Å². The van der Waals surface area contributed by atoms with Gasteiger partial charge >= 0.3 is 0 Å². The average Bonchev–Trinajstić information content (AvgIpc) is 2.89. The van der Waals surface area contributed by atoms with E-state index in [4.69, 9.17) is 32.7 Å². The number of amides is 1. The molecule has 5 nitrogen and oxygen atoms in total. The first kappa shape index (κ1) is 24.3. The predicted octanol–water partition coefficient (Wildman–Crippen LogP) is 6.92. The summed E-state index contributed by atoms with van der Waals surface area (Å²) in [7, 11) is 0. The van der Waals surface area contributed by atoms with E-state index in [1.807, 2.05) is 66.7 Å². The Bertz CT molecular complexity index is 1310. The van der Waals surface area contributed by atoms with Gasteiger partial charge in [0, 0.05) is 0 Å². The molecule has 0 saturated carbocycles. The van der Waals surface area contributed by atoms with Gasteiger partial charge in [0.25, 0.3) is 5.91 Å². The molecule has 0 bridgehead atoms. The van der Waals surface area contributed by atoms with Gasteiger partial charge in [-0.1, -0.05) is 71.7 Å². The minimum atomic E-state index is -0.355. The van der Waals surface area contributed by atoms with Crippen molar-refractivity contribution in [2.75, 3.05) is 0 Å². The molecule has 0 aliphatic heterocycles. The number of hydrogen-bond donors (Lipinski definition) is 1. The second kappa shape index (κ2) is 12.1. The van der Waals surface area contributed by atoms with Crippen LogP contribution in [0.5, 0.6) is 11.5 Å². The van der Waals surface area contributed by atoms with Crippen LogP contribution in [0.25, 0.3) is 0 Å². The number of carbonyl (C=O) groups is 1. The van der Waals surface area contributed by atoms with E-state index >= 15 is 0 Å². The van der Waals surface area contributed by atoms with Crippen LogP contribution < -0.4 is 14.9 Å². The standard InChI is InChI=1S/C28H22Cl2N2O3/c29-25-15-12-22(16-26(25)30)19-34-23-13-10-20(11-14-23)17-31-32-28(33)24-8-4-5-9-27(24)35-18-21-6-2-1-3-7-21/h1-17H,18-19H2,(H,32,33)/b31-17-. The molecule has 0 unspecified atom stereocenters. The van der Waals surface area contributed by atoms with Crippen molar-refractivity contribution in [2.24, 2.45) is 5.10 Å². The minimum Gasteiger partial charge on any atom is -0.489 e. The molecule has 0 aliphatic carbocycles. The van der Waals surface area contributed by atoms with Crippen LogP contribution in [0.4, 0.5) is 0 Å². The number of hydrazone groups is 1. The van der Waals surface area contributed by atoms with Gasteiger partial charge in [0.1, 0.15) is 24.7 Å². The number of hydrogen-bond acceptors (Lipinski definition) is 4. The van der Waals surface area contributed by atoms with E-state index in [0.29, 0.717) is 40.3 Å². The Hall–Kier alpha value is -3.80. The van der Waals surface area contributed by atoms with E-state index in [1.54, 1.807) is 36.5 Å². The highest BCUT2D eigenvalue weighted by molar-refractivity contribution is 6.42. The average molecular weight is 505 g/mol. The first-order valence-electron chi connectivity index (χ1n) is 10.8. The number of rotatable bonds is 9. The maximum atomic E-state index is 12.6. The molecule has 0 heterocycles. The van der Waals surface area contributed by atoms with Crippen molar-refractivity contribution in [3.63, 3.8) is 0 Å². The molecule has 0 atom stereocenters. The molecule has 1 amide bonds. The van der Waals surface area contributed by atoms with Crippen LogP contribution in [0.2, 0.25) is 10.0 Å². The zero-order chi connectivity index (χ0) is 24.5. The van der Waals surface area contributed by atoms with Crippen LogP contribution in [-0.4, -0.2) is 12.1 Å². The molecule has 4 rings (SSSR count). The van der Waals surface area contributed by atoms with Crippen molar-refractivity contribution in [3.05, 3.63) is 129 Å². The Kier molecular flexibility index (Phi) is 8.39. The molecule has 0 fully saturated rings. The number of nitrogens with one attached hydrogen (secondary N) is 1. The topological polar surface area (TPSA) is 59.9 Å². The summed E-state index contributed by atoms with van der Waals surface area (Å²) in [6.07, 6.45) is 1.56. The maximum absolute atomic E-state index is 12.6. The Morgan fingerprint density at radius 3 is 2.26 bits per heavy atom. The molecule has 1 N–H and O–H groups in total. The molecule has 176 valence electrons. The zero-order valence-corrected chi connectivity index (χ0v) is 20.2. The van der Waals surface area contributed by atoms with E-state index in [0.717, 1.165) is 16.7 Å². The van der Waals surface area contributed by atoms with Crippen molar-refractivity contribution in [3.8, 4) is 11.5 Å². The molecule has 0 saturated heterocycles. The van der Waals surface area contributed by atoms with Crippen LogP contribution in [0, 0.1) is 0 Å². The molecular weight excluding hydrogens is 483 g/mol. The van der Waals surface area contributed by atoms with Gasteiger partial charge < -0.3 is 9.47 Å². The van der Waals surface area contributed by atoms with Crippen LogP contribution in [0.1, 0.15) is 27.0 Å². The summed E-state index contributed by atoms with van der Waals surface area (Å²) < 4.78 is 11.6. The summed E-state index contributed by atoms with van der Waals surface area (Å²) >= 11 is 12.0. The molecule has 0 spiro atoms. The lowest BCUT2D eigenvalue weighted by atomic mass is 10.2. The lowest BCUT2D eigenvalue weighted by Crippen LogP contribution is -2.18. The fraction of sp³-hybridized carbons (Fsp3) is 0.0714. The van der Waals surface area contributed by atoms with Gasteiger partial charge in [-0.05, 0) is 65.2 Å². The number of carbonyl (C=O) groups excluding carboxylic acids is 1. The van der Waals surface area contributed by atoms with E-state index in [-0.39, 0.29) is 5.91 Å². The number of nitrogens with zero attached hydrogens (tertiary/aromatic N) is 1. The van der Waals surface area contributed by atoms with Gasteiger partial charge in [0.05, 0.1) is 21.8 Å². The van der Waals surface area contributed by atoms with Gasteiger partial charge in [-0.25, -0.2) is 5.43 Å².